The predicted molar refractivity (Wildman–Crippen MR) is 92.9 cm³/mol. The number of hydrogen-bond donors (Lipinski definition) is 0. The number of aromatic nitrogens is 4. The number of hydrogen-bond acceptors (Lipinski definition) is 6. The largest absolute Gasteiger partial charge is 0.356 e. The summed E-state index contributed by atoms with van der Waals surface area (Å²) in [6.07, 6.45) is 7.38. The van der Waals surface area contributed by atoms with E-state index in [1.54, 1.807) is 19.6 Å². The Labute approximate surface area is 142 Å². The average molecular weight is 328 g/mol. The summed E-state index contributed by atoms with van der Waals surface area (Å²) in [6.45, 7) is 4.89. The van der Waals surface area contributed by atoms with E-state index in [-0.39, 0.29) is 5.69 Å². The van der Waals surface area contributed by atoms with Crippen LogP contribution in [0.4, 0.5) is 5.82 Å². The lowest BCUT2D eigenvalue weighted by Gasteiger charge is -2.37. The minimum absolute atomic E-state index is 0.209. The molecule has 2 aromatic heterocycles. The van der Waals surface area contributed by atoms with Gasteiger partial charge in [0.2, 0.25) is 0 Å². The lowest BCUT2D eigenvalue weighted by atomic mass is 10.0. The van der Waals surface area contributed by atoms with Crippen molar-refractivity contribution in [2.75, 3.05) is 25.0 Å². The molecule has 1 aliphatic heterocycles. The average Bonchev–Trinajstić information content (AvgIpc) is 2.58. The van der Waals surface area contributed by atoms with Crippen LogP contribution >= 0.6 is 0 Å². The van der Waals surface area contributed by atoms with Gasteiger partial charge in [0.25, 0.3) is 0 Å². The Balaban J connectivity index is 1.57. The molecule has 0 aliphatic carbocycles. The fraction of sp³-hybridized carbons (Fsp3) is 0.529. The Morgan fingerprint density at radius 1 is 1.25 bits per heavy atom. The first-order valence-electron chi connectivity index (χ1n) is 8.28. The number of piperidine rings is 1. The van der Waals surface area contributed by atoms with Crippen molar-refractivity contribution in [2.45, 2.75) is 32.4 Å². The van der Waals surface area contributed by atoms with Gasteiger partial charge in [-0.1, -0.05) is 0 Å². The van der Waals surface area contributed by atoms with Crippen molar-refractivity contribution in [3.63, 3.8) is 0 Å². The number of likely N-dealkylation sites (tertiary alicyclic amines) is 1. The molecule has 0 saturated carbocycles. The van der Waals surface area contributed by atoms with Gasteiger partial charge in [0, 0.05) is 69.5 Å². The summed E-state index contributed by atoms with van der Waals surface area (Å²) in [7, 11) is 3.85. The van der Waals surface area contributed by atoms with E-state index in [2.05, 4.69) is 31.8 Å². The molecule has 128 valence electrons. The van der Waals surface area contributed by atoms with Crippen molar-refractivity contribution >= 4 is 5.82 Å². The molecule has 0 unspecified atom stereocenters. The minimum Gasteiger partial charge on any atom is -0.356 e. The van der Waals surface area contributed by atoms with Crippen molar-refractivity contribution < 1.29 is 0 Å². The number of anilines is 1. The van der Waals surface area contributed by atoms with Gasteiger partial charge in [-0.15, -0.1) is 0 Å². The summed E-state index contributed by atoms with van der Waals surface area (Å²) in [5, 5.41) is 0. The Kier molecular flexibility index (Phi) is 4.89. The van der Waals surface area contributed by atoms with Crippen molar-refractivity contribution in [3.8, 4) is 0 Å². The third kappa shape index (κ3) is 3.79. The van der Waals surface area contributed by atoms with Crippen LogP contribution in [-0.4, -0.2) is 50.6 Å². The fourth-order valence-corrected chi connectivity index (χ4v) is 3.19. The molecule has 7 heteroatoms. The second-order valence-electron chi connectivity index (χ2n) is 6.49. The van der Waals surface area contributed by atoms with Crippen molar-refractivity contribution in [1.82, 2.24) is 24.4 Å². The molecule has 1 aliphatic rings. The highest BCUT2D eigenvalue weighted by atomic mass is 16.1. The summed E-state index contributed by atoms with van der Waals surface area (Å²) in [5.74, 6) is 0.989. The maximum atomic E-state index is 11.4. The van der Waals surface area contributed by atoms with Crippen LogP contribution in [0.1, 0.15) is 24.1 Å². The second-order valence-corrected chi connectivity index (χ2v) is 6.49. The predicted octanol–water partition coefficient (Wildman–Crippen LogP) is 0.980. The standard InChI is InChI=1S/C17H24N6O/c1-13-8-16(20-12-19-13)22(3)15-4-6-23(7-5-15)11-14-9-18-17(24)21(2)10-14/h8-10,12,15H,4-7,11H2,1-3H3. The van der Waals surface area contributed by atoms with Gasteiger partial charge in [-0.3, -0.25) is 4.90 Å². The zero-order valence-electron chi connectivity index (χ0n) is 14.5. The van der Waals surface area contributed by atoms with E-state index in [4.69, 9.17) is 0 Å². The SMILES string of the molecule is Cc1cc(N(C)C2CCN(Cc3cnc(=O)n(C)c3)CC2)ncn1. The van der Waals surface area contributed by atoms with Gasteiger partial charge < -0.3 is 9.47 Å². The highest BCUT2D eigenvalue weighted by Gasteiger charge is 2.23. The van der Waals surface area contributed by atoms with Crippen LogP contribution in [0.5, 0.6) is 0 Å². The first-order chi connectivity index (χ1) is 11.5. The van der Waals surface area contributed by atoms with E-state index in [0.29, 0.717) is 6.04 Å². The lowest BCUT2D eigenvalue weighted by Crippen LogP contribution is -2.43. The summed E-state index contributed by atoms with van der Waals surface area (Å²) < 4.78 is 1.54. The van der Waals surface area contributed by atoms with Crippen molar-refractivity contribution in [3.05, 3.63) is 46.5 Å². The molecule has 7 nitrogen and oxygen atoms in total. The smallest absolute Gasteiger partial charge is 0.347 e. The van der Waals surface area contributed by atoms with E-state index in [0.717, 1.165) is 49.6 Å². The van der Waals surface area contributed by atoms with Crippen LogP contribution < -0.4 is 10.6 Å². The molecule has 0 spiro atoms. The van der Waals surface area contributed by atoms with Crippen LogP contribution in [0, 0.1) is 6.92 Å². The van der Waals surface area contributed by atoms with E-state index >= 15 is 0 Å². The molecule has 0 amide bonds. The van der Waals surface area contributed by atoms with Gasteiger partial charge in [-0.2, -0.15) is 0 Å². The van der Waals surface area contributed by atoms with Gasteiger partial charge in [0.15, 0.2) is 0 Å². The van der Waals surface area contributed by atoms with Gasteiger partial charge in [0.1, 0.15) is 12.1 Å². The van der Waals surface area contributed by atoms with Crippen molar-refractivity contribution in [2.24, 2.45) is 7.05 Å². The molecule has 3 rings (SSSR count). The summed E-state index contributed by atoms with van der Waals surface area (Å²) in [4.78, 5) is 28.5. The van der Waals surface area contributed by atoms with Crippen LogP contribution in [-0.2, 0) is 13.6 Å². The topological polar surface area (TPSA) is 67.2 Å². The zero-order valence-corrected chi connectivity index (χ0v) is 14.5. The molecule has 3 heterocycles. The highest BCUT2D eigenvalue weighted by molar-refractivity contribution is 5.39. The molecule has 0 bridgehead atoms. The van der Waals surface area contributed by atoms with Crippen LogP contribution in [0.25, 0.3) is 0 Å². The van der Waals surface area contributed by atoms with Gasteiger partial charge >= 0.3 is 5.69 Å². The molecular formula is C17H24N6O. The van der Waals surface area contributed by atoms with Crippen LogP contribution in [0.2, 0.25) is 0 Å². The van der Waals surface area contributed by atoms with E-state index in [9.17, 15) is 4.79 Å². The minimum atomic E-state index is -0.209. The molecule has 2 aromatic rings. The Morgan fingerprint density at radius 3 is 2.67 bits per heavy atom. The maximum absolute atomic E-state index is 11.4. The normalized spacial score (nSPS) is 16.3. The molecule has 0 radical (unpaired) electrons. The highest BCUT2D eigenvalue weighted by Crippen LogP contribution is 2.21. The molecule has 0 atom stereocenters. The Morgan fingerprint density at radius 2 is 2.00 bits per heavy atom. The quantitative estimate of drug-likeness (QED) is 0.833. The first kappa shape index (κ1) is 16.6. The summed E-state index contributed by atoms with van der Waals surface area (Å²) in [6, 6.07) is 2.52. The van der Waals surface area contributed by atoms with Crippen LogP contribution in [0.15, 0.2) is 29.6 Å². The summed E-state index contributed by atoms with van der Waals surface area (Å²) >= 11 is 0. The maximum Gasteiger partial charge on any atom is 0.347 e. The molecule has 1 saturated heterocycles. The van der Waals surface area contributed by atoms with Gasteiger partial charge in [-0.25, -0.2) is 19.7 Å². The summed E-state index contributed by atoms with van der Waals surface area (Å²) in [5.41, 5.74) is 1.86. The van der Waals surface area contributed by atoms with E-state index in [1.165, 1.54) is 4.57 Å². The lowest BCUT2D eigenvalue weighted by molar-refractivity contribution is 0.202. The Bertz CT molecular complexity index is 751. The number of nitrogens with zero attached hydrogens (tertiary/aromatic N) is 6. The molecule has 1 fully saturated rings. The molecular weight excluding hydrogens is 304 g/mol. The van der Waals surface area contributed by atoms with Gasteiger partial charge in [0.05, 0.1) is 0 Å². The van der Waals surface area contributed by atoms with E-state index < -0.39 is 0 Å². The first-order valence-corrected chi connectivity index (χ1v) is 8.28. The number of rotatable bonds is 4. The van der Waals surface area contributed by atoms with Crippen molar-refractivity contribution in [1.29, 1.82) is 0 Å². The van der Waals surface area contributed by atoms with E-state index in [1.807, 2.05) is 19.2 Å². The number of aryl methyl sites for hydroxylation is 2. The third-order valence-electron chi connectivity index (χ3n) is 4.66. The molecule has 0 aromatic carbocycles. The van der Waals surface area contributed by atoms with Crippen LogP contribution in [0.3, 0.4) is 0 Å². The van der Waals surface area contributed by atoms with Gasteiger partial charge in [-0.05, 0) is 19.8 Å². The monoisotopic (exact) mass is 328 g/mol. The molecule has 0 N–H and O–H groups in total. The second kappa shape index (κ2) is 7.09. The Hall–Kier alpha value is -2.28. The zero-order chi connectivity index (χ0) is 17.1. The molecule has 24 heavy (non-hydrogen) atoms. The fourth-order valence-electron chi connectivity index (χ4n) is 3.19. The third-order valence-corrected chi connectivity index (χ3v) is 4.66.